The van der Waals surface area contributed by atoms with Crippen molar-refractivity contribution < 1.29 is 4.74 Å². The van der Waals surface area contributed by atoms with Crippen LogP contribution in [0.4, 0.5) is 0 Å². The second kappa shape index (κ2) is 3.97. The number of ether oxygens (including phenoxy) is 1. The zero-order valence-electron chi connectivity index (χ0n) is 8.75. The number of hydrogen-bond donors (Lipinski definition) is 1. The predicted molar refractivity (Wildman–Crippen MR) is 53.7 cm³/mol. The minimum absolute atomic E-state index is 0.541. The van der Waals surface area contributed by atoms with E-state index in [0.29, 0.717) is 12.1 Å². The van der Waals surface area contributed by atoms with E-state index in [9.17, 15) is 0 Å². The molecule has 2 fully saturated rings. The first-order valence-corrected chi connectivity index (χ1v) is 5.62. The normalized spacial score (nSPS) is 34.4. The van der Waals surface area contributed by atoms with Crippen LogP contribution in [0.3, 0.4) is 0 Å². The summed E-state index contributed by atoms with van der Waals surface area (Å²) in [6.07, 6.45) is 4.54. The zero-order chi connectivity index (χ0) is 9.26. The average Bonchev–Trinajstić information content (AvgIpc) is 2.82. The van der Waals surface area contributed by atoms with Gasteiger partial charge in [-0.25, -0.2) is 0 Å². The van der Waals surface area contributed by atoms with Gasteiger partial charge in [0.05, 0.1) is 6.10 Å². The van der Waals surface area contributed by atoms with E-state index >= 15 is 0 Å². The second-order valence-electron chi connectivity index (χ2n) is 4.87. The molecule has 1 saturated heterocycles. The van der Waals surface area contributed by atoms with E-state index in [1.807, 2.05) is 0 Å². The summed E-state index contributed by atoms with van der Waals surface area (Å²) in [6.45, 7) is 6.62. The molecule has 1 heterocycles. The molecule has 1 aliphatic heterocycles. The van der Waals surface area contributed by atoms with Gasteiger partial charge in [-0.1, -0.05) is 13.8 Å². The molecule has 2 rings (SSSR count). The molecule has 2 nitrogen and oxygen atoms in total. The fourth-order valence-corrected chi connectivity index (χ4v) is 2.11. The second-order valence-corrected chi connectivity index (χ2v) is 4.87. The molecule has 2 atom stereocenters. The fourth-order valence-electron chi connectivity index (χ4n) is 2.11. The maximum atomic E-state index is 5.76. The number of nitrogens with one attached hydrogen (secondary N) is 1. The van der Waals surface area contributed by atoms with E-state index in [1.54, 1.807) is 0 Å². The lowest BCUT2D eigenvalue weighted by molar-refractivity contribution is 0.0806. The van der Waals surface area contributed by atoms with Gasteiger partial charge < -0.3 is 10.1 Å². The smallest absolute Gasteiger partial charge is 0.0756 e. The zero-order valence-corrected chi connectivity index (χ0v) is 8.75. The van der Waals surface area contributed by atoms with Crippen molar-refractivity contribution in [2.45, 2.75) is 45.3 Å². The number of hydrogen-bond acceptors (Lipinski definition) is 2. The van der Waals surface area contributed by atoms with E-state index in [0.717, 1.165) is 25.0 Å². The molecule has 76 valence electrons. The van der Waals surface area contributed by atoms with Crippen LogP contribution < -0.4 is 5.32 Å². The van der Waals surface area contributed by atoms with E-state index in [-0.39, 0.29) is 0 Å². The highest BCUT2D eigenvalue weighted by atomic mass is 16.5. The minimum Gasteiger partial charge on any atom is -0.376 e. The highest BCUT2D eigenvalue weighted by Gasteiger charge is 2.40. The molecule has 1 N–H and O–H groups in total. The van der Waals surface area contributed by atoms with Gasteiger partial charge in [-0.05, 0) is 37.6 Å². The molecular formula is C11H21NO. The monoisotopic (exact) mass is 183 g/mol. The molecule has 0 spiro atoms. The van der Waals surface area contributed by atoms with Gasteiger partial charge >= 0.3 is 0 Å². The van der Waals surface area contributed by atoms with E-state index in [4.69, 9.17) is 4.74 Å². The van der Waals surface area contributed by atoms with E-state index in [1.165, 1.54) is 19.3 Å². The Morgan fingerprint density at radius 3 is 2.69 bits per heavy atom. The van der Waals surface area contributed by atoms with Gasteiger partial charge in [0.15, 0.2) is 0 Å². The molecule has 2 unspecified atom stereocenters. The van der Waals surface area contributed by atoms with Crippen LogP contribution in [0.2, 0.25) is 0 Å². The van der Waals surface area contributed by atoms with Crippen molar-refractivity contribution in [3.8, 4) is 0 Å². The van der Waals surface area contributed by atoms with Crippen molar-refractivity contribution in [2.24, 2.45) is 11.8 Å². The third kappa shape index (κ3) is 2.44. The lowest BCUT2D eigenvalue weighted by Crippen LogP contribution is -2.39. The minimum atomic E-state index is 0.541. The fraction of sp³-hybridized carbons (Fsp3) is 1.00. The third-order valence-corrected chi connectivity index (χ3v) is 3.01. The van der Waals surface area contributed by atoms with E-state index < -0.39 is 0 Å². The van der Waals surface area contributed by atoms with Crippen LogP contribution >= 0.6 is 0 Å². The summed E-state index contributed by atoms with van der Waals surface area (Å²) in [4.78, 5) is 0. The molecule has 0 radical (unpaired) electrons. The first kappa shape index (κ1) is 9.47. The molecule has 0 aromatic heterocycles. The van der Waals surface area contributed by atoms with Gasteiger partial charge in [0.25, 0.3) is 0 Å². The Labute approximate surface area is 81.0 Å². The largest absolute Gasteiger partial charge is 0.376 e. The van der Waals surface area contributed by atoms with E-state index in [2.05, 4.69) is 19.2 Å². The predicted octanol–water partition coefficient (Wildman–Crippen LogP) is 1.80. The molecule has 1 saturated carbocycles. The lowest BCUT2D eigenvalue weighted by atomic mass is 10.1. The van der Waals surface area contributed by atoms with Crippen LogP contribution in [0.25, 0.3) is 0 Å². The SMILES string of the molecule is CC(C)CNC1CCOC1C1CC1. The Morgan fingerprint density at radius 2 is 2.08 bits per heavy atom. The molecule has 0 aromatic carbocycles. The molecule has 1 aliphatic carbocycles. The van der Waals surface area contributed by atoms with Crippen LogP contribution in [-0.2, 0) is 4.74 Å². The summed E-state index contributed by atoms with van der Waals surface area (Å²) in [5.41, 5.74) is 0. The Kier molecular flexibility index (Phi) is 2.89. The van der Waals surface area contributed by atoms with Gasteiger partial charge in [-0.3, -0.25) is 0 Å². The van der Waals surface area contributed by atoms with Crippen molar-refractivity contribution in [3.63, 3.8) is 0 Å². The molecule has 2 aliphatic rings. The molecular weight excluding hydrogens is 162 g/mol. The van der Waals surface area contributed by atoms with Gasteiger partial charge in [0, 0.05) is 12.6 Å². The first-order chi connectivity index (χ1) is 6.27. The highest BCUT2D eigenvalue weighted by molar-refractivity contribution is 4.93. The van der Waals surface area contributed by atoms with Gasteiger partial charge in [0.2, 0.25) is 0 Å². The van der Waals surface area contributed by atoms with Crippen LogP contribution in [0.15, 0.2) is 0 Å². The molecule has 0 aromatic rings. The Balaban J connectivity index is 1.76. The van der Waals surface area contributed by atoms with Crippen LogP contribution in [-0.4, -0.2) is 25.3 Å². The van der Waals surface area contributed by atoms with Crippen LogP contribution in [0.1, 0.15) is 33.1 Å². The number of rotatable bonds is 4. The van der Waals surface area contributed by atoms with Crippen LogP contribution in [0.5, 0.6) is 0 Å². The molecule has 0 amide bonds. The standard InChI is InChI=1S/C11H21NO/c1-8(2)7-12-10-5-6-13-11(10)9-3-4-9/h8-12H,3-7H2,1-2H3. The van der Waals surface area contributed by atoms with Crippen molar-refractivity contribution >= 4 is 0 Å². The summed E-state index contributed by atoms with van der Waals surface area (Å²) in [7, 11) is 0. The topological polar surface area (TPSA) is 21.3 Å². The summed E-state index contributed by atoms with van der Waals surface area (Å²) in [6, 6.07) is 0.648. The summed E-state index contributed by atoms with van der Waals surface area (Å²) in [5, 5.41) is 3.63. The van der Waals surface area contributed by atoms with Crippen molar-refractivity contribution in [1.29, 1.82) is 0 Å². The maximum Gasteiger partial charge on any atom is 0.0756 e. The molecule has 13 heavy (non-hydrogen) atoms. The van der Waals surface area contributed by atoms with Gasteiger partial charge in [0.1, 0.15) is 0 Å². The highest BCUT2D eigenvalue weighted by Crippen LogP contribution is 2.38. The summed E-state index contributed by atoms with van der Waals surface area (Å²) in [5.74, 6) is 1.63. The lowest BCUT2D eigenvalue weighted by Gasteiger charge is -2.20. The van der Waals surface area contributed by atoms with Crippen molar-refractivity contribution in [2.75, 3.05) is 13.2 Å². The van der Waals surface area contributed by atoms with Crippen molar-refractivity contribution in [1.82, 2.24) is 5.32 Å². The third-order valence-electron chi connectivity index (χ3n) is 3.01. The Hall–Kier alpha value is -0.0800. The average molecular weight is 183 g/mol. The van der Waals surface area contributed by atoms with Gasteiger partial charge in [-0.15, -0.1) is 0 Å². The Bertz CT molecular complexity index is 165. The summed E-state index contributed by atoms with van der Waals surface area (Å²) < 4.78 is 5.76. The molecule has 0 bridgehead atoms. The molecule has 2 heteroatoms. The van der Waals surface area contributed by atoms with Gasteiger partial charge in [-0.2, -0.15) is 0 Å². The van der Waals surface area contributed by atoms with Crippen molar-refractivity contribution in [3.05, 3.63) is 0 Å². The Morgan fingerprint density at radius 1 is 1.31 bits per heavy atom. The quantitative estimate of drug-likeness (QED) is 0.717. The first-order valence-electron chi connectivity index (χ1n) is 5.62. The van der Waals surface area contributed by atoms with Crippen LogP contribution in [0, 0.1) is 11.8 Å². The summed E-state index contributed by atoms with van der Waals surface area (Å²) >= 11 is 0. The maximum absolute atomic E-state index is 5.76.